The molecule has 0 saturated carbocycles. The van der Waals surface area contributed by atoms with Crippen molar-refractivity contribution in [3.8, 4) is 0 Å². The van der Waals surface area contributed by atoms with E-state index in [1.54, 1.807) is 60.7 Å². The molecule has 0 aliphatic carbocycles. The molecule has 0 bridgehead atoms. The molecule has 0 unspecified atom stereocenters. The molecule has 0 atom stereocenters. The summed E-state index contributed by atoms with van der Waals surface area (Å²) in [6, 6.07) is 45.3. The number of nitrogens with zero attached hydrogens (tertiary/aromatic N) is 6. The van der Waals surface area contributed by atoms with Gasteiger partial charge in [-0.25, -0.2) is 0 Å². The minimum Gasteiger partial charge on any atom is -0.370 e. The summed E-state index contributed by atoms with van der Waals surface area (Å²) in [7, 11) is 3.97. The van der Waals surface area contributed by atoms with Gasteiger partial charge in [0, 0.05) is 146 Å². The van der Waals surface area contributed by atoms with Crippen molar-refractivity contribution in [1.82, 2.24) is 14.7 Å². The van der Waals surface area contributed by atoms with Crippen molar-refractivity contribution in [1.29, 1.82) is 0 Å². The van der Waals surface area contributed by atoms with Gasteiger partial charge in [0.05, 0.1) is 19.3 Å². The number of carbonyl (C=O) groups is 6. The van der Waals surface area contributed by atoms with Crippen LogP contribution in [0.15, 0.2) is 146 Å². The van der Waals surface area contributed by atoms with Crippen LogP contribution in [0, 0.1) is 0 Å². The van der Waals surface area contributed by atoms with E-state index in [9.17, 15) is 28.8 Å². The smallest absolute Gasteiger partial charge is 0.228 e. The number of alkyl halides is 5. The summed E-state index contributed by atoms with van der Waals surface area (Å²) in [4.78, 5) is 86.7. The Morgan fingerprint density at radius 3 is 0.788 bits per heavy atom. The van der Waals surface area contributed by atoms with Crippen LogP contribution >= 0.6 is 58.0 Å². The van der Waals surface area contributed by atoms with Crippen LogP contribution < -0.4 is 46.6 Å². The molecule has 6 aromatic carbocycles. The summed E-state index contributed by atoms with van der Waals surface area (Å²) in [6.07, 6.45) is 4.98. The Morgan fingerprint density at radius 2 is 0.535 bits per heavy atom. The van der Waals surface area contributed by atoms with Crippen LogP contribution in [0.3, 0.4) is 0 Å². The van der Waals surface area contributed by atoms with Gasteiger partial charge in [0.2, 0.25) is 35.4 Å². The minimum absolute atomic E-state index is 0.0101. The average molecular weight is 1460 g/mol. The van der Waals surface area contributed by atoms with Gasteiger partial charge in [0.15, 0.2) is 0 Å². The van der Waals surface area contributed by atoms with Crippen molar-refractivity contribution in [2.24, 2.45) is 0 Å². The highest BCUT2D eigenvalue weighted by molar-refractivity contribution is 6.19. The Bertz CT molecular complexity index is 3240. The fourth-order valence-electron chi connectivity index (χ4n) is 10.5. The van der Waals surface area contributed by atoms with Crippen LogP contribution in [-0.4, -0.2) is 179 Å². The van der Waals surface area contributed by atoms with Gasteiger partial charge in [0.25, 0.3) is 0 Å². The largest absolute Gasteiger partial charge is 0.370 e. The highest BCUT2D eigenvalue weighted by atomic mass is 35.5. The number of benzene rings is 6. The number of rotatable bonds is 42. The maximum atomic E-state index is 12.5. The zero-order valence-corrected chi connectivity index (χ0v) is 62.8. The van der Waals surface area contributed by atoms with Gasteiger partial charge >= 0.3 is 0 Å². The summed E-state index contributed by atoms with van der Waals surface area (Å²) < 4.78 is 0. The Kier molecular flexibility index (Phi) is 42.1. The lowest BCUT2D eigenvalue weighted by molar-refractivity contribution is -0.117. The monoisotopic (exact) mass is 1460 g/mol. The molecular formula is C76H105Cl5N12O6. The maximum absolute atomic E-state index is 12.5. The van der Waals surface area contributed by atoms with Crippen LogP contribution in [0.2, 0.25) is 0 Å². The number of amides is 6. The lowest BCUT2D eigenvalue weighted by Crippen LogP contribution is -2.27. The van der Waals surface area contributed by atoms with E-state index < -0.39 is 0 Å². The first-order valence-corrected chi connectivity index (χ1v) is 37.1. The zero-order valence-electron chi connectivity index (χ0n) is 59.0. The van der Waals surface area contributed by atoms with E-state index in [2.05, 4.69) is 95.9 Å². The Balaban J connectivity index is 0.000000315. The fourth-order valence-corrected chi connectivity index (χ4v) is 11.5. The number of carbonyl (C=O) groups excluding carboxylic acids is 6. The van der Waals surface area contributed by atoms with Gasteiger partial charge in [-0.3, -0.25) is 28.8 Å². The molecule has 23 heteroatoms. The zero-order chi connectivity index (χ0) is 72.2. The summed E-state index contributed by atoms with van der Waals surface area (Å²) in [6.45, 7) is 21.7. The lowest BCUT2D eigenvalue weighted by atomic mass is 10.1. The van der Waals surface area contributed by atoms with Crippen molar-refractivity contribution in [2.75, 3.05) is 175 Å². The molecule has 0 radical (unpaired) electrons. The third kappa shape index (κ3) is 34.7. The number of hydrogen-bond acceptors (Lipinski definition) is 12. The number of nitrogens with one attached hydrogen (secondary N) is 6. The Labute approximate surface area is 614 Å². The van der Waals surface area contributed by atoms with E-state index in [4.69, 9.17) is 58.0 Å². The Morgan fingerprint density at radius 1 is 0.293 bits per heavy atom. The van der Waals surface area contributed by atoms with Crippen LogP contribution in [0.1, 0.15) is 89.8 Å². The van der Waals surface area contributed by atoms with Crippen LogP contribution in [0.4, 0.5) is 51.2 Å². The van der Waals surface area contributed by atoms with E-state index in [1.807, 2.05) is 99.0 Å². The number of halogens is 5. The molecule has 0 aliphatic rings. The predicted octanol–water partition coefficient (Wildman–Crippen LogP) is 14.6. The van der Waals surface area contributed by atoms with Crippen molar-refractivity contribution in [3.63, 3.8) is 0 Å². The van der Waals surface area contributed by atoms with Gasteiger partial charge in [-0.05, 0) is 199 Å². The molecule has 540 valence electrons. The molecular weight excluding hydrogens is 1350 g/mol. The van der Waals surface area contributed by atoms with Gasteiger partial charge in [-0.15, -0.1) is 58.0 Å². The molecule has 0 fully saturated rings. The van der Waals surface area contributed by atoms with Crippen molar-refractivity contribution in [2.45, 2.75) is 92.4 Å². The quantitative estimate of drug-likeness (QED) is 0.0199. The van der Waals surface area contributed by atoms with Crippen molar-refractivity contribution < 1.29 is 28.8 Å². The molecule has 6 amide bonds. The fraction of sp³-hybridized carbons (Fsp3) is 0.447. The molecule has 6 N–H and O–H groups in total. The van der Waals surface area contributed by atoms with E-state index in [0.29, 0.717) is 83.5 Å². The molecule has 6 rings (SSSR count). The van der Waals surface area contributed by atoms with Gasteiger partial charge in [-0.1, -0.05) is 71.0 Å². The molecule has 0 spiro atoms. The number of anilines is 9. The van der Waals surface area contributed by atoms with Gasteiger partial charge < -0.3 is 61.3 Å². The van der Waals surface area contributed by atoms with E-state index in [-0.39, 0.29) is 48.3 Å². The molecule has 18 nitrogen and oxygen atoms in total. The molecule has 0 aromatic heterocycles. The first-order chi connectivity index (χ1) is 47.9. The maximum Gasteiger partial charge on any atom is 0.228 e. The second-order valence-corrected chi connectivity index (χ2v) is 25.7. The standard InChI is InChI=1S/C27H39ClN4O2.C25H34Cl2N4O2.C24H32Cl2N4O2/c1-4-18-32(20-17-28)25-15-9-22(10-16-25)21-27(34)30-24-13-11-23(12-14-24)29-26(33)8-7-19-31(5-2)6-3;1-3-30(4-2)16-13-24(32)28-21-7-9-22(10-8-21)29-25(33)19-20-5-11-23(12-6-20)31(17-14-26)18-15-27;1-29(2)15-3-4-23(31)27-20-7-9-21(10-8-20)28-24(32)18-19-5-11-22(12-6-19)30(16-13-25)17-14-26/h9-16H,4-8,17-21H2,1-3H3,(H,29,33)(H,30,34);5-12H,3-4,13-19H2,1-2H3,(H,28,32)(H,29,33);5-12H,3-4,13-18H2,1-2H3,(H,27,31)(H,28,32). The van der Waals surface area contributed by atoms with Crippen molar-refractivity contribution >= 4 is 145 Å². The molecule has 0 aliphatic heterocycles. The highest BCUT2D eigenvalue weighted by Crippen LogP contribution is 2.22. The molecule has 6 aromatic rings. The summed E-state index contributed by atoms with van der Waals surface area (Å²) in [5, 5.41) is 17.4. The average Bonchev–Trinajstić information content (AvgIpc) is 1.04. The predicted molar refractivity (Wildman–Crippen MR) is 419 cm³/mol. The van der Waals surface area contributed by atoms with Crippen LogP contribution in [0.25, 0.3) is 0 Å². The van der Waals surface area contributed by atoms with E-state index in [0.717, 1.165) is 144 Å². The van der Waals surface area contributed by atoms with Crippen molar-refractivity contribution in [3.05, 3.63) is 162 Å². The summed E-state index contributed by atoms with van der Waals surface area (Å²) >= 11 is 29.4. The first kappa shape index (κ1) is 84.3. The van der Waals surface area contributed by atoms with Crippen LogP contribution in [-0.2, 0) is 48.0 Å². The first-order valence-electron chi connectivity index (χ1n) is 34.4. The van der Waals surface area contributed by atoms with Crippen LogP contribution in [0.5, 0.6) is 0 Å². The van der Waals surface area contributed by atoms with Gasteiger partial charge in [-0.2, -0.15) is 0 Å². The van der Waals surface area contributed by atoms with E-state index >= 15 is 0 Å². The minimum atomic E-state index is -0.100. The molecule has 0 saturated heterocycles. The Hall–Kier alpha value is -7.13. The second-order valence-electron chi connectivity index (χ2n) is 23.8. The topological polar surface area (TPSA) is 194 Å². The highest BCUT2D eigenvalue weighted by Gasteiger charge is 2.14. The summed E-state index contributed by atoms with van der Waals surface area (Å²) in [5.74, 6) is 2.40. The lowest BCUT2D eigenvalue weighted by Gasteiger charge is -2.23. The van der Waals surface area contributed by atoms with Gasteiger partial charge in [0.1, 0.15) is 0 Å². The normalized spacial score (nSPS) is 10.8. The SMILES string of the molecule is CCCN(CCCl)c1ccc(CC(=O)Nc2ccc(NC(=O)CCCN(CC)CC)cc2)cc1.CCN(CC)CCC(=O)Nc1ccc(NC(=O)Cc2ccc(N(CCCl)CCCl)cc2)cc1.CN(C)CCCC(=O)Nc1ccc(NC(=O)Cc2ccc(N(CCCl)CCCl)cc2)cc1. The second kappa shape index (κ2) is 49.4. The summed E-state index contributed by atoms with van der Waals surface area (Å²) in [5.41, 5.74) is 10.2. The third-order valence-electron chi connectivity index (χ3n) is 16.0. The number of hydrogen-bond donors (Lipinski definition) is 6. The molecule has 0 heterocycles. The molecule has 99 heavy (non-hydrogen) atoms. The van der Waals surface area contributed by atoms with E-state index in [1.165, 1.54) is 0 Å². The third-order valence-corrected chi connectivity index (χ3v) is 16.8.